The van der Waals surface area contributed by atoms with Crippen molar-refractivity contribution < 1.29 is 4.79 Å². The fourth-order valence-electron chi connectivity index (χ4n) is 3.72. The van der Waals surface area contributed by atoms with Gasteiger partial charge in [-0.3, -0.25) is 9.78 Å². The number of benzene rings is 1. The number of hydrogen-bond donors (Lipinski definition) is 3. The molecule has 1 aliphatic rings. The van der Waals surface area contributed by atoms with Gasteiger partial charge >= 0.3 is 0 Å². The van der Waals surface area contributed by atoms with Gasteiger partial charge in [0.25, 0.3) is 5.91 Å². The zero-order valence-corrected chi connectivity index (χ0v) is 16.3. The summed E-state index contributed by atoms with van der Waals surface area (Å²) in [6.45, 7) is 3.58. The maximum absolute atomic E-state index is 13.0. The van der Waals surface area contributed by atoms with Gasteiger partial charge in [-0.05, 0) is 18.2 Å². The minimum atomic E-state index is -0.289. The predicted octanol–water partition coefficient (Wildman–Crippen LogP) is 2.68. The Morgan fingerprint density at radius 1 is 1.07 bits per heavy atom. The molecule has 5 rings (SSSR count). The number of aromatic amines is 1. The monoisotopic (exact) mass is 399 g/mol. The second-order valence-corrected chi connectivity index (χ2v) is 7.10. The van der Waals surface area contributed by atoms with Crippen molar-refractivity contribution in [2.24, 2.45) is 0 Å². The van der Waals surface area contributed by atoms with Gasteiger partial charge in [0.05, 0.1) is 17.6 Å². The fourth-order valence-corrected chi connectivity index (χ4v) is 3.72. The molecule has 1 aromatic carbocycles. The summed E-state index contributed by atoms with van der Waals surface area (Å²) in [5.41, 5.74) is 3.81. The Labute approximate surface area is 173 Å². The van der Waals surface area contributed by atoms with Crippen molar-refractivity contribution in [3.8, 4) is 11.4 Å². The molecule has 0 aliphatic carbocycles. The molecule has 1 fully saturated rings. The number of nitrogens with zero attached hydrogens (tertiary/aromatic N) is 4. The van der Waals surface area contributed by atoms with Gasteiger partial charge in [-0.25, -0.2) is 9.97 Å². The average molecular weight is 399 g/mol. The summed E-state index contributed by atoms with van der Waals surface area (Å²) in [7, 11) is 0. The summed E-state index contributed by atoms with van der Waals surface area (Å²) >= 11 is 0. The molecule has 3 aromatic heterocycles. The standard InChI is InChI=1S/C22H21N7O/c30-22(28-19-14-24-7-6-20(19)29-11-9-23-10-12-29)18-5-8-25-21(27-18)16-13-26-17-4-2-1-3-15(16)17/h1-8,13-14,23,26H,9-12H2,(H,28,30). The first-order valence-electron chi connectivity index (χ1n) is 9.90. The first-order chi connectivity index (χ1) is 14.8. The normalized spacial score (nSPS) is 14.1. The van der Waals surface area contributed by atoms with Crippen molar-refractivity contribution in [1.82, 2.24) is 25.3 Å². The van der Waals surface area contributed by atoms with Crippen molar-refractivity contribution in [2.45, 2.75) is 0 Å². The molecule has 4 heterocycles. The summed E-state index contributed by atoms with van der Waals surface area (Å²) in [4.78, 5) is 31.5. The Balaban J connectivity index is 1.42. The molecule has 0 saturated carbocycles. The maximum Gasteiger partial charge on any atom is 0.274 e. The molecular formula is C22H21N7O. The van der Waals surface area contributed by atoms with Crippen molar-refractivity contribution in [3.05, 3.63) is 66.9 Å². The lowest BCUT2D eigenvalue weighted by Crippen LogP contribution is -2.43. The topological polar surface area (TPSA) is 98.8 Å². The molecule has 30 heavy (non-hydrogen) atoms. The van der Waals surface area contributed by atoms with Crippen molar-refractivity contribution in [1.29, 1.82) is 0 Å². The lowest BCUT2D eigenvalue weighted by atomic mass is 10.1. The molecule has 8 nitrogen and oxygen atoms in total. The molecule has 4 aromatic rings. The third kappa shape index (κ3) is 3.48. The van der Waals surface area contributed by atoms with E-state index >= 15 is 0 Å². The van der Waals surface area contributed by atoms with Gasteiger partial charge in [0, 0.05) is 61.2 Å². The summed E-state index contributed by atoms with van der Waals surface area (Å²) in [6.07, 6.45) is 6.90. The lowest BCUT2D eigenvalue weighted by molar-refractivity contribution is 0.102. The SMILES string of the molecule is O=C(Nc1cnccc1N1CCNCC1)c1ccnc(-c2c[nH]c3ccccc23)n1. The summed E-state index contributed by atoms with van der Waals surface area (Å²) in [6, 6.07) is 11.5. The molecule has 1 aliphatic heterocycles. The number of pyridine rings is 1. The van der Waals surface area contributed by atoms with E-state index in [9.17, 15) is 4.79 Å². The van der Waals surface area contributed by atoms with Crippen LogP contribution < -0.4 is 15.5 Å². The number of H-pyrrole nitrogens is 1. The van der Waals surface area contributed by atoms with Gasteiger partial charge in [0.15, 0.2) is 5.82 Å². The third-order valence-corrected chi connectivity index (χ3v) is 5.22. The first kappa shape index (κ1) is 18.3. The largest absolute Gasteiger partial charge is 0.367 e. The zero-order chi connectivity index (χ0) is 20.3. The molecule has 1 saturated heterocycles. The molecule has 0 radical (unpaired) electrons. The van der Waals surface area contributed by atoms with Crippen LogP contribution in [0.15, 0.2) is 61.2 Å². The van der Waals surface area contributed by atoms with Crippen LogP contribution in [0.25, 0.3) is 22.3 Å². The van der Waals surface area contributed by atoms with Gasteiger partial charge in [-0.2, -0.15) is 0 Å². The second kappa shape index (κ2) is 7.92. The van der Waals surface area contributed by atoms with E-state index in [1.54, 1.807) is 24.7 Å². The molecule has 1 amide bonds. The zero-order valence-electron chi connectivity index (χ0n) is 16.3. The number of carbonyl (C=O) groups is 1. The van der Waals surface area contributed by atoms with Crippen molar-refractivity contribution in [3.63, 3.8) is 0 Å². The Morgan fingerprint density at radius 3 is 2.83 bits per heavy atom. The highest BCUT2D eigenvalue weighted by molar-refractivity contribution is 6.05. The predicted molar refractivity (Wildman–Crippen MR) is 117 cm³/mol. The Hall–Kier alpha value is -3.78. The van der Waals surface area contributed by atoms with E-state index in [0.29, 0.717) is 17.2 Å². The molecule has 0 bridgehead atoms. The van der Waals surface area contributed by atoms with Gasteiger partial charge < -0.3 is 20.5 Å². The van der Waals surface area contributed by atoms with Gasteiger partial charge in [0.1, 0.15) is 5.69 Å². The summed E-state index contributed by atoms with van der Waals surface area (Å²) in [5, 5.41) is 7.33. The van der Waals surface area contributed by atoms with Crippen LogP contribution in [-0.4, -0.2) is 52.0 Å². The van der Waals surface area contributed by atoms with E-state index in [0.717, 1.165) is 48.3 Å². The van der Waals surface area contributed by atoms with E-state index in [4.69, 9.17) is 0 Å². The third-order valence-electron chi connectivity index (χ3n) is 5.22. The van der Waals surface area contributed by atoms with Crippen molar-refractivity contribution in [2.75, 3.05) is 36.4 Å². The van der Waals surface area contributed by atoms with E-state index in [1.807, 2.05) is 36.5 Å². The number of anilines is 2. The van der Waals surface area contributed by atoms with E-state index in [2.05, 4.69) is 35.5 Å². The van der Waals surface area contributed by atoms with Crippen LogP contribution in [0.3, 0.4) is 0 Å². The number of para-hydroxylation sites is 1. The highest BCUT2D eigenvalue weighted by Gasteiger charge is 2.18. The van der Waals surface area contributed by atoms with Crippen LogP contribution in [0.4, 0.5) is 11.4 Å². The number of aromatic nitrogens is 4. The molecular weight excluding hydrogens is 378 g/mol. The molecule has 0 unspecified atom stereocenters. The molecule has 0 atom stereocenters. The lowest BCUT2D eigenvalue weighted by Gasteiger charge is -2.30. The summed E-state index contributed by atoms with van der Waals surface area (Å²) in [5.74, 6) is 0.219. The number of nitrogens with one attached hydrogen (secondary N) is 3. The van der Waals surface area contributed by atoms with Crippen LogP contribution in [0.1, 0.15) is 10.5 Å². The molecule has 0 spiro atoms. The van der Waals surface area contributed by atoms with Crippen LogP contribution in [-0.2, 0) is 0 Å². The maximum atomic E-state index is 13.0. The van der Waals surface area contributed by atoms with Crippen LogP contribution in [0, 0.1) is 0 Å². The highest BCUT2D eigenvalue weighted by atomic mass is 16.1. The van der Waals surface area contributed by atoms with Crippen LogP contribution >= 0.6 is 0 Å². The summed E-state index contributed by atoms with van der Waals surface area (Å²) < 4.78 is 0. The Bertz CT molecular complexity index is 1200. The number of amides is 1. The first-order valence-corrected chi connectivity index (χ1v) is 9.90. The fraction of sp³-hybridized carbons (Fsp3) is 0.182. The number of carbonyl (C=O) groups excluding carboxylic acids is 1. The van der Waals surface area contributed by atoms with E-state index in [-0.39, 0.29) is 5.91 Å². The molecule has 3 N–H and O–H groups in total. The highest BCUT2D eigenvalue weighted by Crippen LogP contribution is 2.27. The number of piperazine rings is 1. The molecule has 150 valence electrons. The smallest absolute Gasteiger partial charge is 0.274 e. The minimum Gasteiger partial charge on any atom is -0.367 e. The van der Waals surface area contributed by atoms with Crippen LogP contribution in [0.5, 0.6) is 0 Å². The van der Waals surface area contributed by atoms with Crippen molar-refractivity contribution >= 4 is 28.2 Å². The number of rotatable bonds is 4. The van der Waals surface area contributed by atoms with Gasteiger partial charge in [-0.1, -0.05) is 18.2 Å². The number of fused-ring (bicyclic) bond motifs is 1. The molecule has 8 heteroatoms. The van der Waals surface area contributed by atoms with Gasteiger partial charge in [0.2, 0.25) is 0 Å². The average Bonchev–Trinajstić information content (AvgIpc) is 3.24. The minimum absolute atomic E-state index is 0.289. The Kier molecular flexibility index (Phi) is 4.82. The second-order valence-electron chi connectivity index (χ2n) is 7.10. The van der Waals surface area contributed by atoms with Crippen LogP contribution in [0.2, 0.25) is 0 Å². The number of hydrogen-bond acceptors (Lipinski definition) is 6. The quantitative estimate of drug-likeness (QED) is 0.488. The van der Waals surface area contributed by atoms with E-state index < -0.39 is 0 Å². The van der Waals surface area contributed by atoms with Gasteiger partial charge in [-0.15, -0.1) is 0 Å². The van der Waals surface area contributed by atoms with E-state index in [1.165, 1.54) is 0 Å². The Morgan fingerprint density at radius 2 is 1.93 bits per heavy atom.